The van der Waals surface area contributed by atoms with Crippen molar-refractivity contribution in [2.45, 2.75) is 38.8 Å². The predicted molar refractivity (Wildman–Crippen MR) is 126 cm³/mol. The van der Waals surface area contributed by atoms with Crippen molar-refractivity contribution in [1.29, 1.82) is 0 Å². The molecule has 2 heterocycles. The van der Waals surface area contributed by atoms with Crippen LogP contribution in [0.25, 0.3) is 0 Å². The van der Waals surface area contributed by atoms with Crippen molar-refractivity contribution in [1.82, 2.24) is 15.5 Å². The Hall–Kier alpha value is -3.62. The number of amides is 3. The highest BCUT2D eigenvalue weighted by Gasteiger charge is 2.34. The first-order chi connectivity index (χ1) is 16.2. The van der Waals surface area contributed by atoms with Crippen molar-refractivity contribution in [3.8, 4) is 23.0 Å². The zero-order valence-electron chi connectivity index (χ0n) is 20.2. The van der Waals surface area contributed by atoms with Gasteiger partial charge in [-0.15, -0.1) is 0 Å². The summed E-state index contributed by atoms with van der Waals surface area (Å²) in [5, 5.41) is 6.02. The molecule has 0 spiro atoms. The van der Waals surface area contributed by atoms with Gasteiger partial charge in [0.1, 0.15) is 0 Å². The van der Waals surface area contributed by atoms with Gasteiger partial charge in [0.25, 0.3) is 5.91 Å². The van der Waals surface area contributed by atoms with Gasteiger partial charge in [-0.3, -0.25) is 4.79 Å². The molecule has 2 aliphatic heterocycles. The second-order valence-electron chi connectivity index (χ2n) is 9.32. The molecular weight excluding hydrogens is 438 g/mol. The molecule has 2 aromatic rings. The summed E-state index contributed by atoms with van der Waals surface area (Å²) in [6, 6.07) is 8.33. The van der Waals surface area contributed by atoms with Crippen LogP contribution in [0.4, 0.5) is 4.79 Å². The molecule has 34 heavy (non-hydrogen) atoms. The number of methoxy groups -OCH3 is 2. The van der Waals surface area contributed by atoms with Crippen molar-refractivity contribution >= 4 is 11.9 Å². The quantitative estimate of drug-likeness (QED) is 0.698. The molecule has 0 fully saturated rings. The molecular formula is C25H31N3O6. The number of hydrogen-bond acceptors (Lipinski definition) is 6. The Balaban J connectivity index is 1.61. The van der Waals surface area contributed by atoms with Crippen LogP contribution in [0, 0.1) is 0 Å². The lowest BCUT2D eigenvalue weighted by Crippen LogP contribution is -2.53. The largest absolute Gasteiger partial charge is 0.493 e. The van der Waals surface area contributed by atoms with Gasteiger partial charge in [0.2, 0.25) is 6.79 Å². The van der Waals surface area contributed by atoms with E-state index in [9.17, 15) is 9.59 Å². The van der Waals surface area contributed by atoms with Gasteiger partial charge in [0.15, 0.2) is 23.0 Å². The van der Waals surface area contributed by atoms with Crippen molar-refractivity contribution in [2.75, 3.05) is 34.1 Å². The van der Waals surface area contributed by atoms with E-state index >= 15 is 0 Å². The van der Waals surface area contributed by atoms with Crippen LogP contribution in [-0.2, 0) is 6.42 Å². The molecule has 2 aromatic carbocycles. The smallest absolute Gasteiger partial charge is 0.318 e. The lowest BCUT2D eigenvalue weighted by atomic mass is 9.91. The minimum Gasteiger partial charge on any atom is -0.493 e. The highest BCUT2D eigenvalue weighted by atomic mass is 16.7. The number of nitrogens with one attached hydrogen (secondary N) is 2. The van der Waals surface area contributed by atoms with Crippen molar-refractivity contribution < 1.29 is 28.5 Å². The third-order valence-corrected chi connectivity index (χ3v) is 5.84. The maximum Gasteiger partial charge on any atom is 0.318 e. The standard InChI is InChI=1S/C25H31N3O6/c1-25(2,3)27-24(30)28-9-8-15-10-20(31-4)21(32-5)12-17(15)18(28)13-26-23(29)16-6-7-19-22(11-16)34-14-33-19/h6-7,10-12,18H,8-9,13-14H2,1-5H3,(H,26,29)(H,27,30)/t18-/m0/s1. The summed E-state index contributed by atoms with van der Waals surface area (Å²) in [5.74, 6) is 2.10. The fraction of sp³-hybridized carbons (Fsp3) is 0.440. The lowest BCUT2D eigenvalue weighted by molar-refractivity contribution is 0.0932. The van der Waals surface area contributed by atoms with Gasteiger partial charge in [-0.25, -0.2) is 4.79 Å². The minimum absolute atomic E-state index is 0.141. The van der Waals surface area contributed by atoms with Gasteiger partial charge in [0, 0.05) is 24.2 Å². The molecule has 0 saturated heterocycles. The van der Waals surface area contributed by atoms with E-state index in [1.807, 2.05) is 32.9 Å². The number of rotatable bonds is 5. The third-order valence-electron chi connectivity index (χ3n) is 5.84. The molecule has 1 atom stereocenters. The molecule has 9 nitrogen and oxygen atoms in total. The van der Waals surface area contributed by atoms with Gasteiger partial charge in [0.05, 0.1) is 20.3 Å². The summed E-state index contributed by atoms with van der Waals surface area (Å²) < 4.78 is 21.7. The van der Waals surface area contributed by atoms with Gasteiger partial charge in [-0.1, -0.05) is 0 Å². The number of hydrogen-bond donors (Lipinski definition) is 2. The van der Waals surface area contributed by atoms with Gasteiger partial charge in [-0.05, 0) is 68.7 Å². The highest BCUT2D eigenvalue weighted by Crippen LogP contribution is 2.38. The topological polar surface area (TPSA) is 98.4 Å². The van der Waals surface area contributed by atoms with Crippen molar-refractivity contribution in [2.24, 2.45) is 0 Å². The third kappa shape index (κ3) is 4.83. The van der Waals surface area contributed by atoms with E-state index in [0.717, 1.165) is 11.1 Å². The number of nitrogens with zero attached hydrogens (tertiary/aromatic N) is 1. The van der Waals surface area contributed by atoms with Gasteiger partial charge >= 0.3 is 6.03 Å². The van der Waals surface area contributed by atoms with E-state index < -0.39 is 5.54 Å². The second-order valence-corrected chi connectivity index (χ2v) is 9.32. The molecule has 0 unspecified atom stereocenters. The van der Waals surface area contributed by atoms with Crippen LogP contribution in [-0.4, -0.2) is 56.5 Å². The minimum atomic E-state index is -0.394. The average Bonchev–Trinajstić information content (AvgIpc) is 3.28. The van der Waals surface area contributed by atoms with Crippen LogP contribution >= 0.6 is 0 Å². The Morgan fingerprint density at radius 3 is 2.47 bits per heavy atom. The Kier molecular flexibility index (Phi) is 6.45. The first-order valence-electron chi connectivity index (χ1n) is 11.2. The van der Waals surface area contributed by atoms with Gasteiger partial charge < -0.3 is 34.5 Å². The summed E-state index contributed by atoms with van der Waals surface area (Å²) in [5.41, 5.74) is 2.03. The zero-order valence-corrected chi connectivity index (χ0v) is 20.2. The molecule has 9 heteroatoms. The Bertz CT molecular complexity index is 1090. The lowest BCUT2D eigenvalue weighted by Gasteiger charge is -2.39. The number of urea groups is 1. The summed E-state index contributed by atoms with van der Waals surface area (Å²) in [6.45, 7) is 6.69. The number of benzene rings is 2. The summed E-state index contributed by atoms with van der Waals surface area (Å²) in [7, 11) is 3.17. The highest BCUT2D eigenvalue weighted by molar-refractivity contribution is 5.95. The molecule has 0 radical (unpaired) electrons. The number of carbonyl (C=O) groups excluding carboxylic acids is 2. The SMILES string of the molecule is COc1cc2c(cc1OC)[C@H](CNC(=O)c1ccc3c(c1)OCO3)N(C(=O)NC(C)(C)C)CC2. The molecule has 2 aliphatic rings. The summed E-state index contributed by atoms with van der Waals surface area (Å²) >= 11 is 0. The zero-order chi connectivity index (χ0) is 24.5. The van der Waals surface area contributed by atoms with E-state index in [1.165, 1.54) is 0 Å². The molecule has 3 amide bonds. The van der Waals surface area contributed by atoms with E-state index in [2.05, 4.69) is 10.6 Å². The first kappa shape index (κ1) is 23.5. The Morgan fingerprint density at radius 2 is 1.76 bits per heavy atom. The molecule has 182 valence electrons. The van der Waals surface area contributed by atoms with Crippen LogP contribution in [0.1, 0.15) is 48.3 Å². The molecule has 2 N–H and O–H groups in total. The number of fused-ring (bicyclic) bond motifs is 2. The summed E-state index contributed by atoms with van der Waals surface area (Å²) in [6.07, 6.45) is 0.667. The molecule has 0 aliphatic carbocycles. The van der Waals surface area contributed by atoms with Gasteiger partial charge in [-0.2, -0.15) is 0 Å². The Labute approximate surface area is 199 Å². The monoisotopic (exact) mass is 469 g/mol. The van der Waals surface area contributed by atoms with Crippen LogP contribution in [0.5, 0.6) is 23.0 Å². The molecule has 0 aromatic heterocycles. The fourth-order valence-corrected chi connectivity index (χ4v) is 4.21. The molecule has 0 saturated carbocycles. The fourth-order valence-electron chi connectivity index (χ4n) is 4.21. The van der Waals surface area contributed by atoms with E-state index in [-0.39, 0.29) is 31.3 Å². The van der Waals surface area contributed by atoms with Crippen LogP contribution in [0.15, 0.2) is 30.3 Å². The maximum atomic E-state index is 13.2. The van der Waals surface area contributed by atoms with Crippen LogP contribution in [0.3, 0.4) is 0 Å². The van der Waals surface area contributed by atoms with E-state index in [1.54, 1.807) is 37.3 Å². The first-order valence-corrected chi connectivity index (χ1v) is 11.2. The average molecular weight is 470 g/mol. The van der Waals surface area contributed by atoms with Crippen molar-refractivity contribution in [3.63, 3.8) is 0 Å². The normalized spacial score (nSPS) is 16.5. The predicted octanol–water partition coefficient (Wildman–Crippen LogP) is 3.27. The maximum absolute atomic E-state index is 13.2. The second kappa shape index (κ2) is 9.32. The summed E-state index contributed by atoms with van der Waals surface area (Å²) in [4.78, 5) is 27.9. The van der Waals surface area contributed by atoms with E-state index in [4.69, 9.17) is 18.9 Å². The van der Waals surface area contributed by atoms with Crippen LogP contribution < -0.4 is 29.6 Å². The van der Waals surface area contributed by atoms with Crippen molar-refractivity contribution in [3.05, 3.63) is 47.0 Å². The number of carbonyl (C=O) groups is 2. The molecule has 4 rings (SSSR count). The number of ether oxygens (including phenoxy) is 4. The Morgan fingerprint density at radius 1 is 1.06 bits per heavy atom. The molecule has 0 bridgehead atoms. The van der Waals surface area contributed by atoms with Crippen LogP contribution in [0.2, 0.25) is 0 Å². The van der Waals surface area contributed by atoms with E-state index in [0.29, 0.717) is 41.5 Å².